The van der Waals surface area contributed by atoms with Gasteiger partial charge in [-0.2, -0.15) is 0 Å². The standard InChI is InChI=1S/C9H7Cl2N3O4/c10-5-1-4(9(16)13-3-7(12)15)2-6(8(5)11)14(17)18/h1-2H,3H2,(H2,12,15)(H,13,16). The molecule has 0 aliphatic heterocycles. The Bertz CT molecular complexity index is 533. The first-order valence-corrected chi connectivity index (χ1v) is 5.28. The smallest absolute Gasteiger partial charge is 0.290 e. The van der Waals surface area contributed by atoms with Crippen molar-refractivity contribution in [1.82, 2.24) is 5.32 Å². The van der Waals surface area contributed by atoms with Crippen molar-refractivity contribution in [2.24, 2.45) is 5.73 Å². The third-order valence-electron chi connectivity index (χ3n) is 1.89. The van der Waals surface area contributed by atoms with Crippen molar-refractivity contribution in [3.8, 4) is 0 Å². The van der Waals surface area contributed by atoms with Gasteiger partial charge in [0.2, 0.25) is 5.91 Å². The monoisotopic (exact) mass is 291 g/mol. The van der Waals surface area contributed by atoms with E-state index in [-0.39, 0.29) is 22.2 Å². The quantitative estimate of drug-likeness (QED) is 0.638. The van der Waals surface area contributed by atoms with E-state index in [1.807, 2.05) is 0 Å². The van der Waals surface area contributed by atoms with Crippen LogP contribution in [0, 0.1) is 10.1 Å². The molecule has 0 aliphatic rings. The first-order valence-electron chi connectivity index (χ1n) is 4.53. The number of carbonyl (C=O) groups excluding carboxylic acids is 2. The Kier molecular flexibility index (Phi) is 4.46. The van der Waals surface area contributed by atoms with Crippen molar-refractivity contribution in [2.45, 2.75) is 0 Å². The second-order valence-corrected chi connectivity index (χ2v) is 3.98. The largest absolute Gasteiger partial charge is 0.368 e. The normalized spacial score (nSPS) is 9.89. The fraction of sp³-hybridized carbons (Fsp3) is 0.111. The number of carbonyl (C=O) groups is 2. The summed E-state index contributed by atoms with van der Waals surface area (Å²) in [6.07, 6.45) is 0. The van der Waals surface area contributed by atoms with Crippen LogP contribution in [0.25, 0.3) is 0 Å². The molecule has 0 bridgehead atoms. The van der Waals surface area contributed by atoms with Crippen LogP contribution in [0.4, 0.5) is 5.69 Å². The number of nitrogens with one attached hydrogen (secondary N) is 1. The first-order chi connectivity index (χ1) is 8.32. The molecular weight excluding hydrogens is 285 g/mol. The van der Waals surface area contributed by atoms with Gasteiger partial charge in [0.05, 0.1) is 16.5 Å². The number of halogens is 2. The lowest BCUT2D eigenvalue weighted by Crippen LogP contribution is -2.33. The Balaban J connectivity index is 3.07. The zero-order chi connectivity index (χ0) is 13.9. The summed E-state index contributed by atoms with van der Waals surface area (Å²) in [6, 6.07) is 2.12. The highest BCUT2D eigenvalue weighted by atomic mass is 35.5. The lowest BCUT2D eigenvalue weighted by Gasteiger charge is -2.05. The topological polar surface area (TPSA) is 115 Å². The molecular formula is C9H7Cl2N3O4. The van der Waals surface area contributed by atoms with Crippen molar-refractivity contribution in [1.29, 1.82) is 0 Å². The SMILES string of the molecule is NC(=O)CNC(=O)c1cc(Cl)c(Cl)c([N+](=O)[O-])c1. The van der Waals surface area contributed by atoms with Gasteiger partial charge in [-0.25, -0.2) is 0 Å². The van der Waals surface area contributed by atoms with Crippen LogP contribution in [0.1, 0.15) is 10.4 Å². The predicted octanol–water partition coefficient (Wildman–Crippen LogP) is 1.12. The number of primary amides is 1. The number of amides is 2. The molecule has 2 amide bonds. The van der Waals surface area contributed by atoms with Crippen LogP contribution in [0.5, 0.6) is 0 Å². The predicted molar refractivity (Wildman–Crippen MR) is 64.6 cm³/mol. The molecule has 1 aromatic carbocycles. The van der Waals surface area contributed by atoms with Gasteiger partial charge in [0.1, 0.15) is 5.02 Å². The van der Waals surface area contributed by atoms with Gasteiger partial charge in [-0.3, -0.25) is 19.7 Å². The summed E-state index contributed by atoms with van der Waals surface area (Å²) in [7, 11) is 0. The van der Waals surface area contributed by atoms with E-state index in [9.17, 15) is 19.7 Å². The van der Waals surface area contributed by atoms with Crippen LogP contribution in [0.3, 0.4) is 0 Å². The molecule has 1 aromatic rings. The van der Waals surface area contributed by atoms with Crippen LogP contribution in [-0.4, -0.2) is 23.3 Å². The molecule has 0 radical (unpaired) electrons. The number of hydrogen-bond acceptors (Lipinski definition) is 4. The molecule has 0 atom stereocenters. The molecule has 0 unspecified atom stereocenters. The van der Waals surface area contributed by atoms with Crippen molar-refractivity contribution < 1.29 is 14.5 Å². The molecule has 96 valence electrons. The van der Waals surface area contributed by atoms with E-state index in [0.717, 1.165) is 12.1 Å². The first kappa shape index (κ1) is 14.2. The van der Waals surface area contributed by atoms with Gasteiger partial charge in [0.15, 0.2) is 0 Å². The van der Waals surface area contributed by atoms with E-state index in [2.05, 4.69) is 5.32 Å². The molecule has 0 saturated carbocycles. The fourth-order valence-corrected chi connectivity index (χ4v) is 1.50. The van der Waals surface area contributed by atoms with Crippen LogP contribution in [0.15, 0.2) is 12.1 Å². The molecule has 0 aliphatic carbocycles. The summed E-state index contributed by atoms with van der Waals surface area (Å²) in [5, 5.41) is 12.5. The van der Waals surface area contributed by atoms with Gasteiger partial charge < -0.3 is 11.1 Å². The van der Waals surface area contributed by atoms with Gasteiger partial charge in [-0.1, -0.05) is 23.2 Å². The average Bonchev–Trinajstić information content (AvgIpc) is 2.28. The molecule has 7 nitrogen and oxygen atoms in total. The summed E-state index contributed by atoms with van der Waals surface area (Å²) >= 11 is 11.3. The maximum Gasteiger partial charge on any atom is 0.290 e. The summed E-state index contributed by atoms with van der Waals surface area (Å²) in [5.41, 5.74) is 4.26. The highest BCUT2D eigenvalue weighted by molar-refractivity contribution is 6.43. The fourth-order valence-electron chi connectivity index (χ4n) is 1.11. The van der Waals surface area contributed by atoms with Crippen molar-refractivity contribution >= 4 is 40.7 Å². The van der Waals surface area contributed by atoms with E-state index in [1.165, 1.54) is 0 Å². The van der Waals surface area contributed by atoms with Gasteiger partial charge in [-0.05, 0) is 6.07 Å². The Labute approximate surface area is 111 Å². The van der Waals surface area contributed by atoms with Crippen LogP contribution < -0.4 is 11.1 Å². The van der Waals surface area contributed by atoms with E-state index < -0.39 is 22.4 Å². The molecule has 1 rings (SSSR count). The molecule has 0 aromatic heterocycles. The summed E-state index contributed by atoms with van der Waals surface area (Å²) in [4.78, 5) is 31.9. The Morgan fingerprint density at radius 2 is 2.00 bits per heavy atom. The van der Waals surface area contributed by atoms with E-state index in [1.54, 1.807) is 0 Å². The van der Waals surface area contributed by atoms with E-state index in [4.69, 9.17) is 28.9 Å². The number of rotatable bonds is 4. The van der Waals surface area contributed by atoms with Gasteiger partial charge in [-0.15, -0.1) is 0 Å². The lowest BCUT2D eigenvalue weighted by atomic mass is 10.2. The van der Waals surface area contributed by atoms with Crippen molar-refractivity contribution in [2.75, 3.05) is 6.54 Å². The Hall–Kier alpha value is -1.86. The molecule has 0 saturated heterocycles. The minimum absolute atomic E-state index is 0.0858. The number of nitro benzene ring substituents is 1. The number of nitrogens with two attached hydrogens (primary N) is 1. The van der Waals surface area contributed by atoms with E-state index in [0.29, 0.717) is 0 Å². The highest BCUT2D eigenvalue weighted by Gasteiger charge is 2.20. The number of nitro groups is 1. The minimum Gasteiger partial charge on any atom is -0.368 e. The lowest BCUT2D eigenvalue weighted by molar-refractivity contribution is -0.384. The average molecular weight is 292 g/mol. The summed E-state index contributed by atoms with van der Waals surface area (Å²) in [5.74, 6) is -1.45. The Morgan fingerprint density at radius 1 is 1.39 bits per heavy atom. The molecule has 0 fully saturated rings. The zero-order valence-electron chi connectivity index (χ0n) is 8.78. The second kappa shape index (κ2) is 5.65. The van der Waals surface area contributed by atoms with Crippen LogP contribution in [0.2, 0.25) is 10.0 Å². The number of hydrogen-bond donors (Lipinski definition) is 2. The van der Waals surface area contributed by atoms with Gasteiger partial charge in [0.25, 0.3) is 11.6 Å². The number of benzene rings is 1. The number of nitrogens with zero attached hydrogens (tertiary/aromatic N) is 1. The second-order valence-electron chi connectivity index (χ2n) is 3.20. The Morgan fingerprint density at radius 3 is 2.50 bits per heavy atom. The zero-order valence-corrected chi connectivity index (χ0v) is 10.3. The third kappa shape index (κ3) is 3.31. The molecule has 0 heterocycles. The third-order valence-corrected chi connectivity index (χ3v) is 2.68. The van der Waals surface area contributed by atoms with Gasteiger partial charge >= 0.3 is 0 Å². The molecule has 0 spiro atoms. The van der Waals surface area contributed by atoms with Crippen LogP contribution >= 0.6 is 23.2 Å². The molecule has 9 heteroatoms. The molecule has 18 heavy (non-hydrogen) atoms. The minimum atomic E-state index is -0.765. The molecule has 3 N–H and O–H groups in total. The highest BCUT2D eigenvalue weighted by Crippen LogP contribution is 2.32. The summed E-state index contributed by atoms with van der Waals surface area (Å²) in [6.45, 7) is -0.382. The van der Waals surface area contributed by atoms with Crippen molar-refractivity contribution in [3.05, 3.63) is 37.9 Å². The van der Waals surface area contributed by atoms with Crippen molar-refractivity contribution in [3.63, 3.8) is 0 Å². The maximum absolute atomic E-state index is 11.5. The maximum atomic E-state index is 11.5. The van der Waals surface area contributed by atoms with Gasteiger partial charge in [0, 0.05) is 11.6 Å². The van der Waals surface area contributed by atoms with E-state index >= 15 is 0 Å². The van der Waals surface area contributed by atoms with Crippen LogP contribution in [-0.2, 0) is 4.79 Å². The summed E-state index contributed by atoms with van der Waals surface area (Å²) < 4.78 is 0.